The maximum atomic E-state index is 11.9. The molecule has 8 N–H and O–H groups in total. The molecule has 0 bridgehead atoms. The van der Waals surface area contributed by atoms with Gasteiger partial charge in [0.15, 0.2) is 0 Å². The number of rotatable bonds is 10. The van der Waals surface area contributed by atoms with Crippen LogP contribution >= 0.6 is 0 Å². The van der Waals surface area contributed by atoms with Gasteiger partial charge in [0.2, 0.25) is 0 Å². The van der Waals surface area contributed by atoms with E-state index in [-0.39, 0.29) is 33.0 Å². The summed E-state index contributed by atoms with van der Waals surface area (Å²) in [7, 11) is 0. The van der Waals surface area contributed by atoms with Crippen molar-refractivity contribution in [2.45, 2.75) is 52.4 Å². The van der Waals surface area contributed by atoms with Crippen LogP contribution in [-0.4, -0.2) is 52.0 Å². The van der Waals surface area contributed by atoms with Gasteiger partial charge in [0.05, 0.1) is 24.3 Å². The first kappa shape index (κ1) is 31.7. The molecule has 0 saturated carbocycles. The summed E-state index contributed by atoms with van der Waals surface area (Å²) in [5.41, 5.74) is 0.555. The smallest absolute Gasteiger partial charge is 0.339 e. The van der Waals surface area contributed by atoms with Crippen molar-refractivity contribution < 1.29 is 41.0 Å². The van der Waals surface area contributed by atoms with Gasteiger partial charge in [-0.05, 0) is 18.9 Å². The lowest BCUT2D eigenvalue weighted by molar-refractivity contribution is 0.0495. The molecule has 9 heteroatoms. The molecule has 0 atom stereocenters. The van der Waals surface area contributed by atoms with Crippen LogP contribution in [0.15, 0.2) is 18.5 Å². The van der Waals surface area contributed by atoms with Crippen LogP contribution in [0.5, 0.6) is 0 Å². The van der Waals surface area contributed by atoms with Crippen LogP contribution in [0.2, 0.25) is 0 Å². The number of carbonyl (C=O) groups excluding carboxylic acids is 2. The molecule has 26 heavy (non-hydrogen) atoms. The Kier molecular flexibility index (Phi) is 23.5. The summed E-state index contributed by atoms with van der Waals surface area (Å²) in [6.07, 6.45) is 8.66. The van der Waals surface area contributed by atoms with E-state index in [9.17, 15) is 9.59 Å². The van der Waals surface area contributed by atoms with E-state index in [1.165, 1.54) is 18.5 Å². The fourth-order valence-electron chi connectivity index (χ4n) is 1.86. The van der Waals surface area contributed by atoms with Crippen LogP contribution in [0, 0.1) is 0 Å². The number of carbonyl (C=O) groups is 2. The molecule has 0 aliphatic carbocycles. The normalized spacial score (nSPS) is 8.69. The van der Waals surface area contributed by atoms with E-state index in [1.807, 2.05) is 0 Å². The first-order chi connectivity index (χ1) is 10.7. The van der Waals surface area contributed by atoms with Crippen LogP contribution in [-0.2, 0) is 9.47 Å². The highest BCUT2D eigenvalue weighted by atomic mass is 16.5. The van der Waals surface area contributed by atoms with Crippen molar-refractivity contribution in [3.05, 3.63) is 29.6 Å². The minimum Gasteiger partial charge on any atom is -0.462 e. The summed E-state index contributed by atoms with van der Waals surface area (Å²) in [4.78, 5) is 27.6. The number of hydrogen-bond donors (Lipinski definition) is 0. The highest BCUT2D eigenvalue weighted by Gasteiger charge is 2.13. The summed E-state index contributed by atoms with van der Waals surface area (Å²) in [5, 5.41) is 0. The van der Waals surface area contributed by atoms with E-state index in [1.54, 1.807) is 0 Å². The minimum absolute atomic E-state index is 0. The van der Waals surface area contributed by atoms with Crippen molar-refractivity contribution in [3.63, 3.8) is 0 Å². The van der Waals surface area contributed by atoms with Gasteiger partial charge >= 0.3 is 11.9 Å². The summed E-state index contributed by atoms with van der Waals surface area (Å²) in [6.45, 7) is 4.94. The maximum absolute atomic E-state index is 11.9. The lowest BCUT2D eigenvalue weighted by Crippen LogP contribution is -2.11. The van der Waals surface area contributed by atoms with Crippen LogP contribution in [0.1, 0.15) is 73.1 Å². The first-order valence-corrected chi connectivity index (χ1v) is 7.98. The number of nitrogens with zero attached hydrogens (tertiary/aromatic N) is 1. The molecule has 1 heterocycles. The van der Waals surface area contributed by atoms with Gasteiger partial charge in [-0.3, -0.25) is 4.98 Å². The molecule has 0 radical (unpaired) electrons. The van der Waals surface area contributed by atoms with Crippen molar-refractivity contribution in [1.82, 2.24) is 4.98 Å². The molecule has 1 rings (SSSR count). The van der Waals surface area contributed by atoms with Crippen molar-refractivity contribution in [2.75, 3.05) is 13.2 Å². The molecule has 0 amide bonds. The molecule has 0 fully saturated rings. The molecule has 1 aromatic heterocycles. The number of aromatic nitrogens is 1. The van der Waals surface area contributed by atoms with E-state index in [0.717, 1.165) is 38.5 Å². The molecular formula is C17H33NO8. The summed E-state index contributed by atoms with van der Waals surface area (Å²) in [5.74, 6) is -0.909. The van der Waals surface area contributed by atoms with Gasteiger partial charge < -0.3 is 31.4 Å². The van der Waals surface area contributed by atoms with E-state index < -0.39 is 11.9 Å². The Labute approximate surface area is 154 Å². The number of ether oxygens (including phenoxy) is 2. The van der Waals surface area contributed by atoms with E-state index in [4.69, 9.17) is 9.47 Å². The highest BCUT2D eigenvalue weighted by Crippen LogP contribution is 2.08. The number of esters is 2. The number of unbranched alkanes of at least 4 members (excludes halogenated alkanes) is 4. The van der Waals surface area contributed by atoms with Gasteiger partial charge in [-0.2, -0.15) is 0 Å². The van der Waals surface area contributed by atoms with Gasteiger partial charge in [0.25, 0.3) is 0 Å². The third-order valence-electron chi connectivity index (χ3n) is 3.17. The Balaban J connectivity index is -0.000000605. The lowest BCUT2D eigenvalue weighted by atomic mass is 10.2. The number of hydrogen-bond acceptors (Lipinski definition) is 5. The van der Waals surface area contributed by atoms with Crippen LogP contribution in [0.4, 0.5) is 0 Å². The molecular weight excluding hydrogens is 346 g/mol. The van der Waals surface area contributed by atoms with Gasteiger partial charge in [0, 0.05) is 12.4 Å². The molecule has 0 aliphatic heterocycles. The Morgan fingerprint density at radius 3 is 1.50 bits per heavy atom. The average molecular weight is 379 g/mol. The molecule has 1 aromatic rings. The molecule has 0 unspecified atom stereocenters. The van der Waals surface area contributed by atoms with Crippen LogP contribution < -0.4 is 0 Å². The van der Waals surface area contributed by atoms with E-state index in [0.29, 0.717) is 13.2 Å². The van der Waals surface area contributed by atoms with E-state index in [2.05, 4.69) is 18.8 Å². The monoisotopic (exact) mass is 379 g/mol. The second kappa shape index (κ2) is 19.3. The molecule has 0 saturated heterocycles. The maximum Gasteiger partial charge on any atom is 0.339 e. The van der Waals surface area contributed by atoms with Gasteiger partial charge in [0.1, 0.15) is 0 Å². The number of pyridine rings is 1. The quantitative estimate of drug-likeness (QED) is 0.420. The standard InChI is InChI=1S/C17H25NO4.4H2O/c1-3-5-7-9-21-16(19)14-11-15(13-18-12-14)17(20)22-10-8-6-4-2;;;;/h11-13H,3-10H2,1-2H3;4*1H2. The minimum atomic E-state index is -0.454. The molecule has 0 aliphatic rings. The van der Waals surface area contributed by atoms with Crippen LogP contribution in [0.3, 0.4) is 0 Å². The van der Waals surface area contributed by atoms with E-state index >= 15 is 0 Å². The summed E-state index contributed by atoms with van der Waals surface area (Å²) >= 11 is 0. The molecule has 0 aromatic carbocycles. The van der Waals surface area contributed by atoms with Gasteiger partial charge in [-0.15, -0.1) is 0 Å². The Morgan fingerprint density at radius 2 is 1.15 bits per heavy atom. The molecule has 0 spiro atoms. The van der Waals surface area contributed by atoms with Gasteiger partial charge in [-0.25, -0.2) is 9.59 Å². The average Bonchev–Trinajstić information content (AvgIpc) is 2.55. The van der Waals surface area contributed by atoms with Crippen molar-refractivity contribution in [1.29, 1.82) is 0 Å². The first-order valence-electron chi connectivity index (χ1n) is 7.98. The third kappa shape index (κ3) is 12.3. The fourth-order valence-corrected chi connectivity index (χ4v) is 1.86. The third-order valence-corrected chi connectivity index (χ3v) is 3.17. The highest BCUT2D eigenvalue weighted by molar-refractivity contribution is 5.94. The van der Waals surface area contributed by atoms with Gasteiger partial charge in [-0.1, -0.05) is 39.5 Å². The second-order valence-corrected chi connectivity index (χ2v) is 5.15. The Bertz CT molecular complexity index is 442. The Hall–Kier alpha value is -2.07. The summed E-state index contributed by atoms with van der Waals surface area (Å²) < 4.78 is 10.3. The van der Waals surface area contributed by atoms with Crippen LogP contribution in [0.25, 0.3) is 0 Å². The van der Waals surface area contributed by atoms with Crippen molar-refractivity contribution >= 4 is 11.9 Å². The summed E-state index contributed by atoms with van der Waals surface area (Å²) in [6, 6.07) is 1.47. The molecule has 154 valence electrons. The fraction of sp³-hybridized carbons (Fsp3) is 0.588. The zero-order valence-corrected chi connectivity index (χ0v) is 15.5. The zero-order valence-electron chi connectivity index (χ0n) is 15.5. The lowest BCUT2D eigenvalue weighted by Gasteiger charge is -2.06. The predicted octanol–water partition coefficient (Wildman–Crippen LogP) is 0.477. The predicted molar refractivity (Wildman–Crippen MR) is 98.3 cm³/mol. The van der Waals surface area contributed by atoms with Crippen molar-refractivity contribution in [3.8, 4) is 0 Å². The topological polar surface area (TPSA) is 191 Å². The largest absolute Gasteiger partial charge is 0.462 e. The Morgan fingerprint density at radius 1 is 0.769 bits per heavy atom. The molecule has 9 nitrogen and oxygen atoms in total. The zero-order chi connectivity index (χ0) is 16.2. The SMILES string of the molecule is CCCCCOC(=O)c1cncc(C(=O)OCCCCC)c1.O.O.O.O. The second-order valence-electron chi connectivity index (χ2n) is 5.15. The van der Waals surface area contributed by atoms with Crippen molar-refractivity contribution in [2.24, 2.45) is 0 Å².